The first-order chi connectivity index (χ1) is 7.85. The van der Waals surface area contributed by atoms with Gasteiger partial charge in [0.1, 0.15) is 0 Å². The highest BCUT2D eigenvalue weighted by molar-refractivity contribution is 5.98. The first kappa shape index (κ1) is 14.2. The monoisotopic (exact) mass is 240 g/mol. The van der Waals surface area contributed by atoms with E-state index < -0.39 is 0 Å². The van der Waals surface area contributed by atoms with Crippen molar-refractivity contribution in [2.75, 3.05) is 13.1 Å². The van der Waals surface area contributed by atoms with Crippen LogP contribution in [0.4, 0.5) is 0 Å². The summed E-state index contributed by atoms with van der Waals surface area (Å²) in [4.78, 5) is 25.2. The van der Waals surface area contributed by atoms with Crippen LogP contribution in [0.3, 0.4) is 0 Å². The molecule has 1 fully saturated rings. The average Bonchev–Trinajstić information content (AvgIpc) is 2.14. The highest BCUT2D eigenvalue weighted by atomic mass is 16.2. The fraction of sp³-hybridized carbons (Fsp3) is 0.846. The molecular formula is C13H24N2O2. The maximum atomic E-state index is 11.9. The minimum atomic E-state index is -0.169. The van der Waals surface area contributed by atoms with Crippen molar-refractivity contribution in [2.45, 2.75) is 53.0 Å². The van der Waals surface area contributed by atoms with Gasteiger partial charge >= 0.3 is 0 Å². The molecule has 0 radical (unpaired) electrons. The van der Waals surface area contributed by atoms with Gasteiger partial charge in [-0.1, -0.05) is 20.8 Å². The maximum absolute atomic E-state index is 11.9. The molecule has 0 bridgehead atoms. The molecule has 4 nitrogen and oxygen atoms in total. The number of nitrogens with one attached hydrogen (secondary N) is 1. The second-order valence-electron chi connectivity index (χ2n) is 5.70. The Morgan fingerprint density at radius 2 is 1.82 bits per heavy atom. The predicted octanol–water partition coefficient (Wildman–Crippen LogP) is 1.55. The zero-order valence-electron chi connectivity index (χ0n) is 11.4. The fourth-order valence-electron chi connectivity index (χ4n) is 2.23. The molecule has 1 aliphatic rings. The normalized spacial score (nSPS) is 21.8. The number of carbonyl (C=O) groups is 2. The second kappa shape index (κ2) is 5.63. The third-order valence-corrected chi connectivity index (χ3v) is 3.20. The SMILES string of the molecule is CCNC(C)CCN1C(=O)CC(C)(C)CC1=O. The number of likely N-dealkylation sites (tertiary alicyclic amines) is 1. The lowest BCUT2D eigenvalue weighted by atomic mass is 9.81. The molecule has 1 N–H and O–H groups in total. The Kier molecular flexibility index (Phi) is 4.69. The van der Waals surface area contributed by atoms with Gasteiger partial charge in [0.05, 0.1) is 0 Å². The molecule has 4 heteroatoms. The van der Waals surface area contributed by atoms with Crippen molar-refractivity contribution >= 4 is 11.8 Å². The van der Waals surface area contributed by atoms with Crippen LogP contribution >= 0.6 is 0 Å². The lowest BCUT2D eigenvalue weighted by Crippen LogP contribution is -2.47. The summed E-state index contributed by atoms with van der Waals surface area (Å²) in [5, 5.41) is 3.28. The van der Waals surface area contributed by atoms with Crippen molar-refractivity contribution in [3.8, 4) is 0 Å². The molecule has 0 spiro atoms. The molecule has 2 amide bonds. The summed E-state index contributed by atoms with van der Waals surface area (Å²) in [5.74, 6) is -0.0371. The van der Waals surface area contributed by atoms with Crippen molar-refractivity contribution in [1.29, 1.82) is 0 Å². The summed E-state index contributed by atoms with van der Waals surface area (Å²) in [6.07, 6.45) is 1.79. The number of hydrogen-bond donors (Lipinski definition) is 1. The molecule has 1 atom stereocenters. The largest absolute Gasteiger partial charge is 0.314 e. The molecule has 0 aliphatic carbocycles. The number of imide groups is 1. The maximum Gasteiger partial charge on any atom is 0.229 e. The van der Waals surface area contributed by atoms with Crippen LogP contribution in [0.1, 0.15) is 47.0 Å². The molecule has 0 aromatic heterocycles. The summed E-state index contributed by atoms with van der Waals surface area (Å²) < 4.78 is 0. The smallest absolute Gasteiger partial charge is 0.229 e. The summed E-state index contributed by atoms with van der Waals surface area (Å²) in [7, 11) is 0. The van der Waals surface area contributed by atoms with Crippen molar-refractivity contribution in [1.82, 2.24) is 10.2 Å². The Morgan fingerprint density at radius 3 is 2.29 bits per heavy atom. The molecule has 1 unspecified atom stereocenters. The fourth-order valence-corrected chi connectivity index (χ4v) is 2.23. The van der Waals surface area contributed by atoms with Gasteiger partial charge in [0.2, 0.25) is 11.8 Å². The van der Waals surface area contributed by atoms with E-state index >= 15 is 0 Å². The van der Waals surface area contributed by atoms with E-state index in [-0.39, 0.29) is 17.2 Å². The second-order valence-corrected chi connectivity index (χ2v) is 5.70. The summed E-state index contributed by atoms with van der Waals surface area (Å²) in [6, 6.07) is 0.343. The first-order valence-electron chi connectivity index (χ1n) is 6.42. The third-order valence-electron chi connectivity index (χ3n) is 3.20. The van der Waals surface area contributed by atoms with E-state index in [1.54, 1.807) is 0 Å². The van der Waals surface area contributed by atoms with Gasteiger partial charge in [-0.25, -0.2) is 0 Å². The molecular weight excluding hydrogens is 216 g/mol. The van der Waals surface area contributed by atoms with E-state index in [1.807, 2.05) is 13.8 Å². The van der Waals surface area contributed by atoms with E-state index in [0.29, 0.717) is 25.4 Å². The standard InChI is InChI=1S/C13H24N2O2/c1-5-14-10(2)6-7-15-11(16)8-13(3,4)9-12(15)17/h10,14H,5-9H2,1-4H3. The van der Waals surface area contributed by atoms with Crippen LogP contribution in [-0.4, -0.2) is 35.8 Å². The molecule has 98 valence electrons. The molecule has 1 aliphatic heterocycles. The predicted molar refractivity (Wildman–Crippen MR) is 67.5 cm³/mol. The van der Waals surface area contributed by atoms with Gasteiger partial charge < -0.3 is 5.32 Å². The molecule has 1 rings (SSSR count). The lowest BCUT2D eigenvalue weighted by Gasteiger charge is -2.35. The Hall–Kier alpha value is -0.900. The molecule has 0 saturated carbocycles. The van der Waals surface area contributed by atoms with Crippen LogP contribution in [0.25, 0.3) is 0 Å². The van der Waals surface area contributed by atoms with Gasteiger partial charge in [-0.15, -0.1) is 0 Å². The van der Waals surface area contributed by atoms with Crippen LogP contribution in [0.15, 0.2) is 0 Å². The van der Waals surface area contributed by atoms with Gasteiger partial charge in [-0.3, -0.25) is 14.5 Å². The Balaban J connectivity index is 2.49. The number of rotatable bonds is 5. The molecule has 0 aromatic rings. The van der Waals surface area contributed by atoms with Crippen LogP contribution in [0.2, 0.25) is 0 Å². The Morgan fingerprint density at radius 1 is 1.29 bits per heavy atom. The minimum absolute atomic E-state index is 0.0186. The average molecular weight is 240 g/mol. The molecule has 1 heterocycles. The molecule has 0 aromatic carbocycles. The van der Waals surface area contributed by atoms with Crippen molar-refractivity contribution in [3.05, 3.63) is 0 Å². The first-order valence-corrected chi connectivity index (χ1v) is 6.42. The quantitative estimate of drug-likeness (QED) is 0.742. The van der Waals surface area contributed by atoms with Gasteiger partial charge in [0.25, 0.3) is 0 Å². The van der Waals surface area contributed by atoms with Crippen LogP contribution < -0.4 is 5.32 Å². The number of hydrogen-bond acceptors (Lipinski definition) is 3. The van der Waals surface area contributed by atoms with Crippen molar-refractivity contribution < 1.29 is 9.59 Å². The lowest BCUT2D eigenvalue weighted by molar-refractivity contribution is -0.152. The third kappa shape index (κ3) is 4.11. The van der Waals surface area contributed by atoms with Crippen LogP contribution in [0, 0.1) is 5.41 Å². The minimum Gasteiger partial charge on any atom is -0.314 e. The highest BCUT2D eigenvalue weighted by Gasteiger charge is 2.36. The highest BCUT2D eigenvalue weighted by Crippen LogP contribution is 2.31. The van der Waals surface area contributed by atoms with Gasteiger partial charge in [0, 0.05) is 25.4 Å². The Labute approximate surface area is 104 Å². The number of piperidine rings is 1. The number of nitrogens with zero attached hydrogens (tertiary/aromatic N) is 1. The topological polar surface area (TPSA) is 49.4 Å². The van der Waals surface area contributed by atoms with Crippen molar-refractivity contribution in [3.63, 3.8) is 0 Å². The molecule has 1 saturated heterocycles. The van der Waals surface area contributed by atoms with Gasteiger partial charge in [-0.2, -0.15) is 0 Å². The van der Waals surface area contributed by atoms with Crippen LogP contribution in [0.5, 0.6) is 0 Å². The van der Waals surface area contributed by atoms with Crippen LogP contribution in [-0.2, 0) is 9.59 Å². The summed E-state index contributed by atoms with van der Waals surface area (Å²) >= 11 is 0. The number of amides is 2. The zero-order chi connectivity index (χ0) is 13.1. The van der Waals surface area contributed by atoms with E-state index in [2.05, 4.69) is 19.2 Å². The Bertz CT molecular complexity index is 280. The van der Waals surface area contributed by atoms with E-state index in [1.165, 1.54) is 4.90 Å². The molecule has 17 heavy (non-hydrogen) atoms. The van der Waals surface area contributed by atoms with Gasteiger partial charge in [0.15, 0.2) is 0 Å². The van der Waals surface area contributed by atoms with E-state index in [4.69, 9.17) is 0 Å². The summed E-state index contributed by atoms with van der Waals surface area (Å²) in [6.45, 7) is 9.53. The van der Waals surface area contributed by atoms with E-state index in [0.717, 1.165) is 13.0 Å². The zero-order valence-corrected chi connectivity index (χ0v) is 11.4. The van der Waals surface area contributed by atoms with E-state index in [9.17, 15) is 9.59 Å². The van der Waals surface area contributed by atoms with Crippen molar-refractivity contribution in [2.24, 2.45) is 5.41 Å². The number of carbonyl (C=O) groups excluding carboxylic acids is 2. The van der Waals surface area contributed by atoms with Gasteiger partial charge in [-0.05, 0) is 25.3 Å². The summed E-state index contributed by atoms with van der Waals surface area (Å²) in [5.41, 5.74) is -0.169.